The lowest BCUT2D eigenvalue weighted by Crippen LogP contribution is -2.32. The van der Waals surface area contributed by atoms with E-state index in [0.29, 0.717) is 17.7 Å². The van der Waals surface area contributed by atoms with Gasteiger partial charge in [0.05, 0.1) is 36.5 Å². The monoisotopic (exact) mass is 381 g/mol. The summed E-state index contributed by atoms with van der Waals surface area (Å²) in [6.45, 7) is 4.54. The third-order valence-electron chi connectivity index (χ3n) is 5.31. The normalized spacial score (nSPS) is 16.1. The zero-order valence-corrected chi connectivity index (χ0v) is 16.9. The van der Waals surface area contributed by atoms with Gasteiger partial charge >= 0.3 is 0 Å². The first-order valence-electron chi connectivity index (χ1n) is 9.57. The Morgan fingerprint density at radius 2 is 2.04 bits per heavy atom. The molecule has 1 aliphatic heterocycles. The molecule has 1 N–H and O–H groups in total. The molecule has 1 saturated heterocycles. The van der Waals surface area contributed by atoms with Crippen molar-refractivity contribution in [2.24, 2.45) is 0 Å². The topological polar surface area (TPSA) is 71.5 Å². The molecule has 2 heterocycles. The highest BCUT2D eigenvalue weighted by molar-refractivity contribution is 5.95. The van der Waals surface area contributed by atoms with Gasteiger partial charge in [0.2, 0.25) is 5.91 Å². The van der Waals surface area contributed by atoms with Crippen LogP contribution in [0.4, 0.5) is 0 Å². The van der Waals surface area contributed by atoms with Gasteiger partial charge in [-0.3, -0.25) is 14.6 Å². The number of carbonyl (C=O) groups is 2. The minimum Gasteiger partial charge on any atom is -0.496 e. The fourth-order valence-corrected chi connectivity index (χ4v) is 3.84. The van der Waals surface area contributed by atoms with Crippen LogP contribution in [0.2, 0.25) is 0 Å². The fourth-order valence-electron chi connectivity index (χ4n) is 3.84. The van der Waals surface area contributed by atoms with E-state index < -0.39 is 0 Å². The zero-order valence-electron chi connectivity index (χ0n) is 16.9. The summed E-state index contributed by atoms with van der Waals surface area (Å²) in [5.41, 5.74) is 4.10. The lowest BCUT2D eigenvalue weighted by atomic mass is 10.1. The Morgan fingerprint density at radius 1 is 1.25 bits per heavy atom. The molecule has 1 fully saturated rings. The zero-order chi connectivity index (χ0) is 20.3. The Balaban J connectivity index is 1.77. The number of nitrogens with one attached hydrogen (secondary N) is 1. The van der Waals surface area contributed by atoms with E-state index in [0.717, 1.165) is 42.0 Å². The molecule has 0 aliphatic carbocycles. The quantitative estimate of drug-likeness (QED) is 0.864. The summed E-state index contributed by atoms with van der Waals surface area (Å²) >= 11 is 0. The molecule has 0 radical (unpaired) electrons. The van der Waals surface area contributed by atoms with Crippen molar-refractivity contribution in [1.82, 2.24) is 15.2 Å². The molecule has 1 atom stereocenters. The van der Waals surface area contributed by atoms with Crippen LogP contribution < -0.4 is 10.1 Å². The van der Waals surface area contributed by atoms with Crippen LogP contribution in [0.3, 0.4) is 0 Å². The number of hydrogen-bond donors (Lipinski definition) is 1. The average molecular weight is 381 g/mol. The SMILES string of the molecule is CNC(=O)c1ccc([C@@H]2CCCN2C(=O)Cc2ccc(OC)c(C)c2)nc1C. The van der Waals surface area contributed by atoms with E-state index in [-0.39, 0.29) is 17.9 Å². The second-order valence-electron chi connectivity index (χ2n) is 7.17. The van der Waals surface area contributed by atoms with E-state index in [4.69, 9.17) is 4.74 Å². The smallest absolute Gasteiger partial charge is 0.252 e. The van der Waals surface area contributed by atoms with Crippen LogP contribution in [-0.4, -0.2) is 42.4 Å². The van der Waals surface area contributed by atoms with E-state index in [1.807, 2.05) is 43.0 Å². The maximum Gasteiger partial charge on any atom is 0.252 e. The highest BCUT2D eigenvalue weighted by Gasteiger charge is 2.31. The summed E-state index contributed by atoms with van der Waals surface area (Å²) in [6, 6.07) is 9.47. The van der Waals surface area contributed by atoms with Crippen LogP contribution in [0.5, 0.6) is 5.75 Å². The maximum atomic E-state index is 13.0. The molecule has 3 rings (SSSR count). The van der Waals surface area contributed by atoms with Crippen LogP contribution >= 0.6 is 0 Å². The van der Waals surface area contributed by atoms with E-state index >= 15 is 0 Å². The van der Waals surface area contributed by atoms with Gasteiger partial charge in [0.15, 0.2) is 0 Å². The minimum absolute atomic E-state index is 0.0377. The molecular weight excluding hydrogens is 354 g/mol. The Bertz CT molecular complexity index is 895. The Hall–Kier alpha value is -2.89. The molecule has 28 heavy (non-hydrogen) atoms. The van der Waals surface area contributed by atoms with Crippen molar-refractivity contribution in [2.75, 3.05) is 20.7 Å². The molecule has 2 amide bonds. The van der Waals surface area contributed by atoms with Gasteiger partial charge in [0.25, 0.3) is 5.91 Å². The molecule has 1 aromatic carbocycles. The Kier molecular flexibility index (Phi) is 5.97. The van der Waals surface area contributed by atoms with Crippen LogP contribution in [-0.2, 0) is 11.2 Å². The van der Waals surface area contributed by atoms with Gasteiger partial charge in [0, 0.05) is 13.6 Å². The summed E-state index contributed by atoms with van der Waals surface area (Å²) in [6.07, 6.45) is 2.20. The number of benzene rings is 1. The van der Waals surface area contributed by atoms with Crippen molar-refractivity contribution in [3.8, 4) is 5.75 Å². The number of aromatic nitrogens is 1. The standard InChI is InChI=1S/C22H27N3O3/c1-14-12-16(7-10-20(14)28-4)13-21(26)25-11-5-6-19(25)18-9-8-17(15(2)24-18)22(27)23-3/h7-10,12,19H,5-6,11,13H2,1-4H3,(H,23,27)/t19-/m0/s1. The first-order valence-corrected chi connectivity index (χ1v) is 9.57. The summed E-state index contributed by atoms with van der Waals surface area (Å²) in [5, 5.41) is 2.63. The number of pyridine rings is 1. The molecule has 6 nitrogen and oxygen atoms in total. The van der Waals surface area contributed by atoms with Crippen molar-refractivity contribution < 1.29 is 14.3 Å². The van der Waals surface area contributed by atoms with Crippen LogP contribution in [0, 0.1) is 13.8 Å². The predicted molar refractivity (Wildman–Crippen MR) is 107 cm³/mol. The summed E-state index contributed by atoms with van der Waals surface area (Å²) in [5.74, 6) is 0.777. The number of rotatable bonds is 5. The van der Waals surface area contributed by atoms with Gasteiger partial charge in [0.1, 0.15) is 5.75 Å². The van der Waals surface area contributed by atoms with E-state index in [9.17, 15) is 9.59 Å². The number of nitrogens with zero attached hydrogens (tertiary/aromatic N) is 2. The van der Waals surface area contributed by atoms with Gasteiger partial charge in [-0.15, -0.1) is 0 Å². The van der Waals surface area contributed by atoms with Gasteiger partial charge in [-0.05, 0) is 56.0 Å². The van der Waals surface area contributed by atoms with Gasteiger partial charge in [-0.2, -0.15) is 0 Å². The molecule has 0 unspecified atom stereocenters. The number of amides is 2. The molecule has 6 heteroatoms. The molecule has 148 valence electrons. The predicted octanol–water partition coefficient (Wildman–Crippen LogP) is 2.97. The first-order chi connectivity index (χ1) is 13.4. The van der Waals surface area contributed by atoms with Crippen molar-refractivity contribution in [3.63, 3.8) is 0 Å². The number of methoxy groups -OCH3 is 1. The van der Waals surface area contributed by atoms with Gasteiger partial charge in [-0.25, -0.2) is 0 Å². The van der Waals surface area contributed by atoms with E-state index in [2.05, 4.69) is 10.3 Å². The lowest BCUT2D eigenvalue weighted by molar-refractivity contribution is -0.131. The minimum atomic E-state index is -0.147. The van der Waals surface area contributed by atoms with Crippen LogP contribution in [0.15, 0.2) is 30.3 Å². The highest BCUT2D eigenvalue weighted by atomic mass is 16.5. The number of likely N-dealkylation sites (tertiary alicyclic amines) is 1. The molecular formula is C22H27N3O3. The van der Waals surface area contributed by atoms with Crippen LogP contribution in [0.1, 0.15) is 51.8 Å². The Morgan fingerprint density at radius 3 is 2.68 bits per heavy atom. The summed E-state index contributed by atoms with van der Waals surface area (Å²) in [4.78, 5) is 31.4. The second kappa shape index (κ2) is 8.42. The van der Waals surface area contributed by atoms with Crippen molar-refractivity contribution in [3.05, 3.63) is 58.4 Å². The number of carbonyl (C=O) groups excluding carboxylic acids is 2. The van der Waals surface area contributed by atoms with Crippen molar-refractivity contribution in [2.45, 2.75) is 39.2 Å². The third kappa shape index (κ3) is 4.01. The molecule has 1 aliphatic rings. The first kappa shape index (κ1) is 19.9. The summed E-state index contributed by atoms with van der Waals surface area (Å²) in [7, 11) is 3.25. The van der Waals surface area contributed by atoms with Crippen molar-refractivity contribution in [1.29, 1.82) is 0 Å². The van der Waals surface area contributed by atoms with E-state index in [1.165, 1.54) is 0 Å². The molecule has 2 aromatic rings. The fraction of sp³-hybridized carbons (Fsp3) is 0.409. The Labute approximate surface area is 165 Å². The van der Waals surface area contributed by atoms with E-state index in [1.54, 1.807) is 20.2 Å². The largest absolute Gasteiger partial charge is 0.496 e. The highest BCUT2D eigenvalue weighted by Crippen LogP contribution is 2.32. The average Bonchev–Trinajstić information content (AvgIpc) is 3.17. The lowest BCUT2D eigenvalue weighted by Gasteiger charge is -2.25. The summed E-state index contributed by atoms with van der Waals surface area (Å²) < 4.78 is 5.29. The van der Waals surface area contributed by atoms with Gasteiger partial charge < -0.3 is 15.0 Å². The number of ether oxygens (including phenoxy) is 1. The molecule has 1 aromatic heterocycles. The van der Waals surface area contributed by atoms with Crippen molar-refractivity contribution >= 4 is 11.8 Å². The van der Waals surface area contributed by atoms with Gasteiger partial charge in [-0.1, -0.05) is 12.1 Å². The number of hydrogen-bond acceptors (Lipinski definition) is 4. The third-order valence-corrected chi connectivity index (χ3v) is 5.31. The maximum absolute atomic E-state index is 13.0. The molecule has 0 spiro atoms. The van der Waals surface area contributed by atoms with Crippen LogP contribution in [0.25, 0.3) is 0 Å². The molecule has 0 bridgehead atoms. The molecule has 0 saturated carbocycles. The second-order valence-corrected chi connectivity index (χ2v) is 7.17. The number of aryl methyl sites for hydroxylation is 2.